The third-order valence-corrected chi connectivity index (χ3v) is 4.54. The molecular formula is C14H28N2. The lowest BCUT2D eigenvalue weighted by Gasteiger charge is -2.31. The van der Waals surface area contributed by atoms with Crippen molar-refractivity contribution in [2.75, 3.05) is 19.6 Å². The zero-order valence-electron chi connectivity index (χ0n) is 10.8. The lowest BCUT2D eigenvalue weighted by atomic mass is 9.84. The highest BCUT2D eigenvalue weighted by molar-refractivity contribution is 4.78. The summed E-state index contributed by atoms with van der Waals surface area (Å²) in [7, 11) is 0. The van der Waals surface area contributed by atoms with E-state index in [1.54, 1.807) is 0 Å². The predicted molar refractivity (Wildman–Crippen MR) is 69.6 cm³/mol. The van der Waals surface area contributed by atoms with E-state index in [0.29, 0.717) is 0 Å². The molecule has 2 nitrogen and oxygen atoms in total. The van der Waals surface area contributed by atoms with Crippen LogP contribution in [-0.2, 0) is 0 Å². The van der Waals surface area contributed by atoms with Crippen molar-refractivity contribution in [1.82, 2.24) is 10.6 Å². The molecule has 2 aliphatic rings. The van der Waals surface area contributed by atoms with Gasteiger partial charge in [0.15, 0.2) is 0 Å². The van der Waals surface area contributed by atoms with Gasteiger partial charge in [0.05, 0.1) is 0 Å². The summed E-state index contributed by atoms with van der Waals surface area (Å²) >= 11 is 0. The standard InChI is InChI=1S/C14H28N2/c1-12(14-5-3-2-4-6-14)16-11-13-7-9-15-10-8-13/h12-16H,2-11H2,1H3. The Morgan fingerprint density at radius 2 is 1.75 bits per heavy atom. The van der Waals surface area contributed by atoms with E-state index < -0.39 is 0 Å². The van der Waals surface area contributed by atoms with Crippen molar-refractivity contribution in [3.05, 3.63) is 0 Å². The summed E-state index contributed by atoms with van der Waals surface area (Å²) < 4.78 is 0. The van der Waals surface area contributed by atoms with E-state index in [0.717, 1.165) is 17.9 Å². The summed E-state index contributed by atoms with van der Waals surface area (Å²) in [6, 6.07) is 0.746. The summed E-state index contributed by atoms with van der Waals surface area (Å²) in [5.41, 5.74) is 0. The lowest BCUT2D eigenvalue weighted by Crippen LogP contribution is -2.40. The van der Waals surface area contributed by atoms with Crippen molar-refractivity contribution >= 4 is 0 Å². The third-order valence-electron chi connectivity index (χ3n) is 4.54. The van der Waals surface area contributed by atoms with Crippen LogP contribution in [-0.4, -0.2) is 25.7 Å². The van der Waals surface area contributed by atoms with E-state index in [9.17, 15) is 0 Å². The number of hydrogen-bond acceptors (Lipinski definition) is 2. The van der Waals surface area contributed by atoms with Crippen LogP contribution < -0.4 is 10.6 Å². The van der Waals surface area contributed by atoms with Crippen LogP contribution in [0.2, 0.25) is 0 Å². The molecule has 2 heteroatoms. The number of nitrogens with one attached hydrogen (secondary N) is 2. The molecule has 1 saturated heterocycles. The van der Waals surface area contributed by atoms with Gasteiger partial charge in [0, 0.05) is 6.04 Å². The van der Waals surface area contributed by atoms with E-state index in [1.165, 1.54) is 64.6 Å². The van der Waals surface area contributed by atoms with Crippen LogP contribution in [0.3, 0.4) is 0 Å². The fourth-order valence-corrected chi connectivity index (χ4v) is 3.24. The van der Waals surface area contributed by atoms with Crippen LogP contribution in [0.4, 0.5) is 0 Å². The second kappa shape index (κ2) is 6.61. The van der Waals surface area contributed by atoms with Gasteiger partial charge in [0.1, 0.15) is 0 Å². The highest BCUT2D eigenvalue weighted by Gasteiger charge is 2.21. The summed E-state index contributed by atoms with van der Waals surface area (Å²) in [5, 5.41) is 7.23. The SMILES string of the molecule is CC(NCC1CCNCC1)C1CCCCC1. The number of rotatable bonds is 4. The fraction of sp³-hybridized carbons (Fsp3) is 1.00. The van der Waals surface area contributed by atoms with Crippen LogP contribution in [0.1, 0.15) is 51.9 Å². The summed E-state index contributed by atoms with van der Waals surface area (Å²) in [6.07, 6.45) is 10.0. The van der Waals surface area contributed by atoms with Crippen molar-refractivity contribution in [2.45, 2.75) is 57.9 Å². The van der Waals surface area contributed by atoms with Gasteiger partial charge in [0.25, 0.3) is 0 Å². The minimum Gasteiger partial charge on any atom is -0.317 e. The molecule has 2 rings (SSSR count). The zero-order chi connectivity index (χ0) is 11.2. The summed E-state index contributed by atoms with van der Waals surface area (Å²) in [6.45, 7) is 6.10. The first-order chi connectivity index (χ1) is 7.86. The average molecular weight is 224 g/mol. The number of piperidine rings is 1. The second-order valence-corrected chi connectivity index (χ2v) is 5.79. The van der Waals surface area contributed by atoms with Crippen LogP contribution in [0.25, 0.3) is 0 Å². The Bertz CT molecular complexity index is 181. The Morgan fingerprint density at radius 3 is 2.44 bits per heavy atom. The summed E-state index contributed by atoms with van der Waals surface area (Å²) in [4.78, 5) is 0. The molecule has 94 valence electrons. The molecule has 0 bridgehead atoms. The Kier molecular flexibility index (Phi) is 5.11. The molecule has 2 N–H and O–H groups in total. The molecule has 1 aliphatic heterocycles. The van der Waals surface area contributed by atoms with Gasteiger partial charge in [-0.1, -0.05) is 19.3 Å². The molecule has 1 aliphatic carbocycles. The molecular weight excluding hydrogens is 196 g/mol. The monoisotopic (exact) mass is 224 g/mol. The highest BCUT2D eigenvalue weighted by Crippen LogP contribution is 2.26. The average Bonchev–Trinajstić information content (AvgIpc) is 2.38. The third kappa shape index (κ3) is 3.74. The van der Waals surface area contributed by atoms with E-state index >= 15 is 0 Å². The Morgan fingerprint density at radius 1 is 1.06 bits per heavy atom. The van der Waals surface area contributed by atoms with Crippen molar-refractivity contribution < 1.29 is 0 Å². The van der Waals surface area contributed by atoms with E-state index in [-0.39, 0.29) is 0 Å². The maximum atomic E-state index is 3.79. The maximum Gasteiger partial charge on any atom is 0.00671 e. The van der Waals surface area contributed by atoms with E-state index in [4.69, 9.17) is 0 Å². The van der Waals surface area contributed by atoms with Gasteiger partial charge in [-0.05, 0) is 64.1 Å². The number of hydrogen-bond donors (Lipinski definition) is 2. The molecule has 16 heavy (non-hydrogen) atoms. The van der Waals surface area contributed by atoms with E-state index in [2.05, 4.69) is 17.6 Å². The summed E-state index contributed by atoms with van der Waals surface area (Å²) in [5.74, 6) is 1.88. The Balaban J connectivity index is 1.63. The first-order valence-electron chi connectivity index (χ1n) is 7.30. The molecule has 1 unspecified atom stereocenters. The van der Waals surface area contributed by atoms with Crippen LogP contribution in [0, 0.1) is 11.8 Å². The zero-order valence-corrected chi connectivity index (χ0v) is 10.8. The molecule has 0 aromatic rings. The van der Waals surface area contributed by atoms with Gasteiger partial charge < -0.3 is 10.6 Å². The quantitative estimate of drug-likeness (QED) is 0.767. The molecule has 1 heterocycles. The Labute approximate surface area is 101 Å². The van der Waals surface area contributed by atoms with Crippen LogP contribution in [0.5, 0.6) is 0 Å². The maximum absolute atomic E-state index is 3.79. The van der Waals surface area contributed by atoms with Gasteiger partial charge in [-0.3, -0.25) is 0 Å². The normalized spacial score (nSPS) is 26.8. The molecule has 0 aromatic heterocycles. The molecule has 0 spiro atoms. The van der Waals surface area contributed by atoms with Crippen molar-refractivity contribution in [2.24, 2.45) is 11.8 Å². The van der Waals surface area contributed by atoms with Crippen LogP contribution >= 0.6 is 0 Å². The molecule has 1 atom stereocenters. The molecule has 0 amide bonds. The van der Waals surface area contributed by atoms with Crippen molar-refractivity contribution in [3.8, 4) is 0 Å². The topological polar surface area (TPSA) is 24.1 Å². The highest BCUT2D eigenvalue weighted by atomic mass is 14.9. The first-order valence-corrected chi connectivity index (χ1v) is 7.30. The molecule has 0 radical (unpaired) electrons. The van der Waals surface area contributed by atoms with Gasteiger partial charge in [-0.2, -0.15) is 0 Å². The largest absolute Gasteiger partial charge is 0.317 e. The first kappa shape index (κ1) is 12.4. The predicted octanol–water partition coefficient (Wildman–Crippen LogP) is 2.54. The van der Waals surface area contributed by atoms with Crippen LogP contribution in [0.15, 0.2) is 0 Å². The van der Waals surface area contributed by atoms with E-state index in [1.807, 2.05) is 0 Å². The second-order valence-electron chi connectivity index (χ2n) is 5.79. The molecule has 0 aromatic carbocycles. The van der Waals surface area contributed by atoms with Gasteiger partial charge in [0.2, 0.25) is 0 Å². The molecule has 2 fully saturated rings. The Hall–Kier alpha value is -0.0800. The minimum absolute atomic E-state index is 0.746. The fourth-order valence-electron chi connectivity index (χ4n) is 3.24. The van der Waals surface area contributed by atoms with Gasteiger partial charge >= 0.3 is 0 Å². The van der Waals surface area contributed by atoms with Crippen molar-refractivity contribution in [3.63, 3.8) is 0 Å². The minimum atomic E-state index is 0.746. The van der Waals surface area contributed by atoms with Crippen molar-refractivity contribution in [1.29, 1.82) is 0 Å². The smallest absolute Gasteiger partial charge is 0.00671 e. The van der Waals surface area contributed by atoms with Gasteiger partial charge in [-0.15, -0.1) is 0 Å². The lowest BCUT2D eigenvalue weighted by molar-refractivity contribution is 0.260. The molecule has 1 saturated carbocycles. The van der Waals surface area contributed by atoms with Gasteiger partial charge in [-0.25, -0.2) is 0 Å².